The lowest BCUT2D eigenvalue weighted by molar-refractivity contribution is -0.136. The second kappa shape index (κ2) is 10.7. The van der Waals surface area contributed by atoms with Crippen LogP contribution in [0, 0.1) is 18.6 Å². The molecule has 0 unspecified atom stereocenters. The molecule has 6 heteroatoms. The number of rotatable bonds is 9. The average molecular weight is 465 g/mol. The number of nitrogens with zero attached hydrogens (tertiary/aromatic N) is 1. The molecular formula is C28H30F2N2O2. The maximum atomic E-state index is 14.4. The summed E-state index contributed by atoms with van der Waals surface area (Å²) in [4.78, 5) is 13.1. The Morgan fingerprint density at radius 2 is 1.88 bits per heavy atom. The van der Waals surface area contributed by atoms with Crippen LogP contribution in [0.2, 0.25) is 0 Å². The van der Waals surface area contributed by atoms with E-state index in [4.69, 9.17) is 5.11 Å². The van der Waals surface area contributed by atoms with Crippen molar-refractivity contribution in [3.05, 3.63) is 94.0 Å². The lowest BCUT2D eigenvalue weighted by Gasteiger charge is -2.34. The molecule has 0 aliphatic carbocycles. The Labute approximate surface area is 199 Å². The number of hydrogen-bond acceptors (Lipinski definition) is 3. The van der Waals surface area contributed by atoms with E-state index in [0.717, 1.165) is 43.5 Å². The van der Waals surface area contributed by atoms with Crippen LogP contribution in [0.15, 0.2) is 54.6 Å². The highest BCUT2D eigenvalue weighted by Gasteiger charge is 2.20. The van der Waals surface area contributed by atoms with E-state index in [9.17, 15) is 13.6 Å². The number of carboxylic acid groups (broad SMARTS) is 1. The zero-order valence-electron chi connectivity index (χ0n) is 19.4. The van der Waals surface area contributed by atoms with Crippen LogP contribution in [0.25, 0.3) is 0 Å². The Morgan fingerprint density at radius 1 is 1.06 bits per heavy atom. The largest absolute Gasteiger partial charge is 0.481 e. The first-order valence-corrected chi connectivity index (χ1v) is 11.8. The van der Waals surface area contributed by atoms with Gasteiger partial charge in [0.2, 0.25) is 0 Å². The van der Waals surface area contributed by atoms with Gasteiger partial charge in [0.25, 0.3) is 0 Å². The summed E-state index contributed by atoms with van der Waals surface area (Å²) in [6, 6.07) is 16.0. The third-order valence-electron chi connectivity index (χ3n) is 6.52. The van der Waals surface area contributed by atoms with Gasteiger partial charge in [0.1, 0.15) is 11.6 Å². The summed E-state index contributed by atoms with van der Waals surface area (Å²) < 4.78 is 27.9. The molecule has 0 radical (unpaired) electrons. The quantitative estimate of drug-likeness (QED) is 0.414. The molecule has 0 bridgehead atoms. The van der Waals surface area contributed by atoms with E-state index in [1.807, 2.05) is 6.07 Å². The van der Waals surface area contributed by atoms with Gasteiger partial charge < -0.3 is 15.3 Å². The summed E-state index contributed by atoms with van der Waals surface area (Å²) in [7, 11) is 0. The molecule has 178 valence electrons. The lowest BCUT2D eigenvalue weighted by Crippen LogP contribution is -2.32. The van der Waals surface area contributed by atoms with Crippen LogP contribution in [0.5, 0.6) is 0 Å². The van der Waals surface area contributed by atoms with Gasteiger partial charge in [-0.2, -0.15) is 0 Å². The molecule has 3 aromatic rings. The number of carbonyl (C=O) groups is 1. The van der Waals surface area contributed by atoms with Gasteiger partial charge in [-0.05, 0) is 84.7 Å². The highest BCUT2D eigenvalue weighted by molar-refractivity contribution is 5.67. The molecule has 34 heavy (non-hydrogen) atoms. The van der Waals surface area contributed by atoms with Crippen molar-refractivity contribution in [3.63, 3.8) is 0 Å². The van der Waals surface area contributed by atoms with E-state index in [1.165, 1.54) is 28.9 Å². The number of aryl methyl sites for hydroxylation is 2. The Morgan fingerprint density at radius 3 is 2.65 bits per heavy atom. The lowest BCUT2D eigenvalue weighted by atomic mass is 9.94. The summed E-state index contributed by atoms with van der Waals surface area (Å²) in [5.41, 5.74) is 7.02. The maximum absolute atomic E-state index is 14.4. The third-order valence-corrected chi connectivity index (χ3v) is 6.52. The average Bonchev–Trinajstić information content (AvgIpc) is 2.81. The Hall–Kier alpha value is -3.41. The number of carboxylic acids is 1. The molecule has 4 nitrogen and oxygen atoms in total. The van der Waals surface area contributed by atoms with Crippen molar-refractivity contribution < 1.29 is 18.7 Å². The molecule has 0 aromatic heterocycles. The third kappa shape index (κ3) is 5.74. The van der Waals surface area contributed by atoms with Crippen molar-refractivity contribution in [2.24, 2.45) is 0 Å². The van der Waals surface area contributed by atoms with Gasteiger partial charge >= 0.3 is 5.97 Å². The maximum Gasteiger partial charge on any atom is 0.303 e. The molecule has 0 fully saturated rings. The van der Waals surface area contributed by atoms with Gasteiger partial charge in [-0.25, -0.2) is 8.78 Å². The number of fused-ring (bicyclic) bond motifs is 1. The van der Waals surface area contributed by atoms with Crippen LogP contribution < -0.4 is 10.2 Å². The molecule has 0 spiro atoms. The van der Waals surface area contributed by atoms with Crippen LogP contribution in [-0.4, -0.2) is 24.2 Å². The van der Waals surface area contributed by atoms with Crippen LogP contribution in [0.3, 0.4) is 0 Å². The van der Waals surface area contributed by atoms with E-state index in [-0.39, 0.29) is 18.7 Å². The van der Waals surface area contributed by atoms with Crippen molar-refractivity contribution in [3.8, 4) is 0 Å². The number of benzene rings is 3. The van der Waals surface area contributed by atoms with E-state index in [0.29, 0.717) is 17.8 Å². The Balaban J connectivity index is 1.45. The predicted octanol–water partition coefficient (Wildman–Crippen LogP) is 5.90. The van der Waals surface area contributed by atoms with Gasteiger partial charge in [0, 0.05) is 37.4 Å². The van der Waals surface area contributed by atoms with E-state index >= 15 is 0 Å². The minimum Gasteiger partial charge on any atom is -0.481 e. The Bertz CT molecular complexity index is 1180. The molecule has 4 rings (SSSR count). The molecule has 0 saturated heterocycles. The van der Waals surface area contributed by atoms with E-state index in [2.05, 4.69) is 29.3 Å². The number of hydrogen-bond donors (Lipinski definition) is 2. The highest BCUT2D eigenvalue weighted by Crippen LogP contribution is 2.33. The second-order valence-electron chi connectivity index (χ2n) is 8.88. The summed E-state index contributed by atoms with van der Waals surface area (Å²) >= 11 is 0. The van der Waals surface area contributed by atoms with Crippen LogP contribution in [-0.2, 0) is 30.6 Å². The summed E-state index contributed by atoms with van der Waals surface area (Å²) in [5.74, 6) is -1.53. The van der Waals surface area contributed by atoms with Crippen LogP contribution in [0.4, 0.5) is 20.2 Å². The fourth-order valence-corrected chi connectivity index (χ4v) is 4.68. The standard InChI is InChI=1S/C28H30F2N2O2/c1-19-23(18-31-25-11-9-21(26(30)17-25)10-12-27(33)34)8-7-22-5-3-14-32(28(19)22)15-13-20-4-2-6-24(29)16-20/h2,4,6-9,11,16-17,31H,3,5,10,12-15,18H2,1H3,(H,33,34). The number of anilines is 2. The smallest absolute Gasteiger partial charge is 0.303 e. The second-order valence-corrected chi connectivity index (χ2v) is 8.88. The fraction of sp³-hybridized carbons (Fsp3) is 0.321. The number of halogens is 2. The monoisotopic (exact) mass is 464 g/mol. The van der Waals surface area contributed by atoms with Crippen LogP contribution in [0.1, 0.15) is 40.7 Å². The zero-order chi connectivity index (χ0) is 24.1. The molecule has 1 aliphatic rings. The normalized spacial score (nSPS) is 13.0. The SMILES string of the molecule is Cc1c(CNc2ccc(CCC(=O)O)c(F)c2)ccc2c1N(CCc1cccc(F)c1)CCC2. The van der Waals surface area contributed by atoms with Crippen LogP contribution >= 0.6 is 0 Å². The van der Waals surface area contributed by atoms with Crippen molar-refractivity contribution in [1.82, 2.24) is 0 Å². The van der Waals surface area contributed by atoms with Gasteiger partial charge in [-0.3, -0.25) is 4.79 Å². The first kappa shape index (κ1) is 23.7. The molecule has 1 heterocycles. The summed E-state index contributed by atoms with van der Waals surface area (Å²) in [5, 5.41) is 12.1. The fourth-order valence-electron chi connectivity index (χ4n) is 4.68. The number of nitrogens with one attached hydrogen (secondary N) is 1. The Kier molecular flexibility index (Phi) is 7.46. The van der Waals surface area contributed by atoms with Crippen molar-refractivity contribution in [2.75, 3.05) is 23.3 Å². The first-order valence-electron chi connectivity index (χ1n) is 11.8. The molecule has 0 saturated carbocycles. The van der Waals surface area contributed by atoms with E-state index in [1.54, 1.807) is 24.3 Å². The topological polar surface area (TPSA) is 52.6 Å². The van der Waals surface area contributed by atoms with Gasteiger partial charge in [-0.1, -0.05) is 30.3 Å². The molecule has 1 aliphatic heterocycles. The minimum atomic E-state index is -0.936. The van der Waals surface area contributed by atoms with Crippen molar-refractivity contribution >= 4 is 17.3 Å². The first-order chi connectivity index (χ1) is 16.4. The summed E-state index contributed by atoms with van der Waals surface area (Å²) in [6.07, 6.45) is 3.02. The van der Waals surface area contributed by atoms with Gasteiger partial charge in [0.15, 0.2) is 0 Å². The molecular weight excluding hydrogens is 434 g/mol. The van der Waals surface area contributed by atoms with Crippen molar-refractivity contribution in [2.45, 2.75) is 45.6 Å². The number of aliphatic carboxylic acids is 1. The zero-order valence-corrected chi connectivity index (χ0v) is 19.4. The van der Waals surface area contributed by atoms with Gasteiger partial charge in [0.05, 0.1) is 0 Å². The molecule has 0 atom stereocenters. The van der Waals surface area contributed by atoms with Crippen molar-refractivity contribution in [1.29, 1.82) is 0 Å². The predicted molar refractivity (Wildman–Crippen MR) is 132 cm³/mol. The summed E-state index contributed by atoms with van der Waals surface area (Å²) in [6.45, 7) is 4.50. The molecule has 2 N–H and O–H groups in total. The minimum absolute atomic E-state index is 0.0896. The molecule has 0 amide bonds. The molecule has 3 aromatic carbocycles. The highest BCUT2D eigenvalue weighted by atomic mass is 19.1. The van der Waals surface area contributed by atoms with Gasteiger partial charge in [-0.15, -0.1) is 0 Å². The van der Waals surface area contributed by atoms with E-state index < -0.39 is 11.8 Å².